The number of amides is 1. The van der Waals surface area contributed by atoms with Gasteiger partial charge in [-0.25, -0.2) is 0 Å². The maximum Gasteiger partial charge on any atom is 0.327 e. The molecular formula is C21H41NO6. The minimum atomic E-state index is -1.31. The fourth-order valence-electron chi connectivity index (χ4n) is 2.71. The van der Waals surface area contributed by atoms with E-state index >= 15 is 0 Å². The van der Waals surface area contributed by atoms with E-state index in [1.54, 1.807) is 0 Å². The van der Waals surface area contributed by atoms with Gasteiger partial charge >= 0.3 is 5.97 Å². The number of unbranched alkanes of at least 4 members (excludes halogenated alkanes) is 9. The van der Waals surface area contributed by atoms with Gasteiger partial charge in [0.15, 0.2) is 0 Å². The number of rotatable bonds is 19. The van der Waals surface area contributed by atoms with E-state index in [1.165, 1.54) is 25.7 Å². The number of aliphatic hydroxyl groups is 2. The highest BCUT2D eigenvalue weighted by molar-refractivity contribution is 5.81. The van der Waals surface area contributed by atoms with E-state index in [4.69, 9.17) is 14.6 Å². The zero-order valence-corrected chi connectivity index (χ0v) is 17.8. The molecule has 0 aliphatic rings. The summed E-state index contributed by atoms with van der Waals surface area (Å²) >= 11 is 0. The van der Waals surface area contributed by atoms with Crippen LogP contribution in [0.1, 0.15) is 90.9 Å². The Kier molecular flexibility index (Phi) is 18.3. The summed E-state index contributed by atoms with van der Waals surface area (Å²) in [5.74, 6) is -0.888. The molecule has 3 N–H and O–H groups in total. The topological polar surface area (TPSA) is 105 Å². The van der Waals surface area contributed by atoms with Crippen molar-refractivity contribution in [3.63, 3.8) is 0 Å². The quantitative estimate of drug-likeness (QED) is 0.174. The van der Waals surface area contributed by atoms with Gasteiger partial charge in [0.2, 0.25) is 12.2 Å². The largest absolute Gasteiger partial charge is 0.431 e. The number of aliphatic hydroxyl groups excluding tert-OH is 2. The zero-order chi connectivity index (χ0) is 21.0. The van der Waals surface area contributed by atoms with E-state index in [0.29, 0.717) is 13.0 Å². The normalized spacial score (nSPS) is 13.1. The van der Waals surface area contributed by atoms with Gasteiger partial charge in [-0.05, 0) is 12.8 Å². The van der Waals surface area contributed by atoms with Crippen LogP contribution in [0.5, 0.6) is 0 Å². The SMILES string of the molecule is CCCCCCCCOC(OC(=O)CNC(=O)CCCCCCC)C(O)CO. The Morgan fingerprint density at radius 3 is 2.07 bits per heavy atom. The summed E-state index contributed by atoms with van der Waals surface area (Å²) in [5.41, 5.74) is 0. The third-order valence-corrected chi connectivity index (χ3v) is 4.47. The molecule has 1 amide bonds. The fourth-order valence-corrected chi connectivity index (χ4v) is 2.71. The molecule has 0 aromatic heterocycles. The van der Waals surface area contributed by atoms with Gasteiger partial charge in [-0.2, -0.15) is 0 Å². The van der Waals surface area contributed by atoms with E-state index in [-0.39, 0.29) is 12.5 Å². The first-order chi connectivity index (χ1) is 13.5. The van der Waals surface area contributed by atoms with E-state index in [0.717, 1.165) is 44.9 Å². The van der Waals surface area contributed by atoms with E-state index < -0.39 is 25.0 Å². The molecule has 7 heteroatoms. The van der Waals surface area contributed by atoms with Crippen LogP contribution in [0.3, 0.4) is 0 Å². The molecule has 0 saturated heterocycles. The van der Waals surface area contributed by atoms with Crippen molar-refractivity contribution in [3.8, 4) is 0 Å². The molecule has 0 fully saturated rings. The standard InChI is InChI=1S/C21H41NO6/c1-3-5-7-9-11-13-15-27-21(18(24)17-23)28-20(26)16-22-19(25)14-12-10-8-6-4-2/h18,21,23-24H,3-17H2,1-2H3,(H,22,25). The first kappa shape index (κ1) is 26.8. The van der Waals surface area contributed by atoms with Gasteiger partial charge in [-0.1, -0.05) is 71.6 Å². The summed E-state index contributed by atoms with van der Waals surface area (Å²) in [6.07, 6.45) is 9.60. The van der Waals surface area contributed by atoms with Crippen molar-refractivity contribution in [2.45, 2.75) is 103 Å². The Bertz CT molecular complexity index is 391. The van der Waals surface area contributed by atoms with E-state index in [2.05, 4.69) is 19.2 Å². The molecule has 0 heterocycles. The second-order valence-corrected chi connectivity index (χ2v) is 7.19. The first-order valence-electron chi connectivity index (χ1n) is 10.9. The molecule has 0 bridgehead atoms. The molecule has 0 rings (SSSR count). The highest BCUT2D eigenvalue weighted by atomic mass is 16.7. The van der Waals surface area contributed by atoms with Gasteiger partial charge in [-0.3, -0.25) is 9.59 Å². The number of nitrogens with one attached hydrogen (secondary N) is 1. The molecule has 0 aliphatic carbocycles. The van der Waals surface area contributed by atoms with Crippen molar-refractivity contribution in [2.75, 3.05) is 19.8 Å². The van der Waals surface area contributed by atoms with Crippen molar-refractivity contribution in [3.05, 3.63) is 0 Å². The number of carbonyl (C=O) groups is 2. The molecule has 28 heavy (non-hydrogen) atoms. The average molecular weight is 404 g/mol. The Labute approximate surface area is 170 Å². The van der Waals surface area contributed by atoms with Crippen LogP contribution in [0.4, 0.5) is 0 Å². The number of hydrogen-bond donors (Lipinski definition) is 3. The van der Waals surface area contributed by atoms with Crippen LogP contribution in [-0.4, -0.2) is 54.2 Å². The lowest BCUT2D eigenvalue weighted by Crippen LogP contribution is -2.39. The number of hydrogen-bond acceptors (Lipinski definition) is 6. The third-order valence-electron chi connectivity index (χ3n) is 4.47. The Morgan fingerprint density at radius 1 is 0.893 bits per heavy atom. The molecule has 7 nitrogen and oxygen atoms in total. The molecule has 0 saturated carbocycles. The summed E-state index contributed by atoms with van der Waals surface area (Å²) < 4.78 is 10.5. The van der Waals surface area contributed by atoms with Crippen LogP contribution in [0.25, 0.3) is 0 Å². The zero-order valence-electron chi connectivity index (χ0n) is 17.8. The Morgan fingerprint density at radius 2 is 1.46 bits per heavy atom. The minimum Gasteiger partial charge on any atom is -0.431 e. The molecule has 0 radical (unpaired) electrons. The fraction of sp³-hybridized carbons (Fsp3) is 0.905. The van der Waals surface area contributed by atoms with Gasteiger partial charge in [-0.15, -0.1) is 0 Å². The summed E-state index contributed by atoms with van der Waals surface area (Å²) in [6.45, 7) is 3.79. The van der Waals surface area contributed by atoms with Crippen molar-refractivity contribution in [1.82, 2.24) is 5.32 Å². The van der Waals surface area contributed by atoms with Gasteiger partial charge in [0.25, 0.3) is 0 Å². The molecule has 166 valence electrons. The highest BCUT2D eigenvalue weighted by Crippen LogP contribution is 2.08. The molecule has 0 aliphatic heterocycles. The van der Waals surface area contributed by atoms with Crippen molar-refractivity contribution in [2.24, 2.45) is 0 Å². The van der Waals surface area contributed by atoms with Gasteiger partial charge in [0.1, 0.15) is 12.6 Å². The van der Waals surface area contributed by atoms with Gasteiger partial charge in [0, 0.05) is 6.42 Å². The molecule has 0 aromatic carbocycles. The van der Waals surface area contributed by atoms with Crippen molar-refractivity contribution >= 4 is 11.9 Å². The van der Waals surface area contributed by atoms with Crippen LogP contribution in [0, 0.1) is 0 Å². The monoisotopic (exact) mass is 403 g/mol. The predicted molar refractivity (Wildman–Crippen MR) is 109 cm³/mol. The second-order valence-electron chi connectivity index (χ2n) is 7.19. The minimum absolute atomic E-state index is 0.194. The molecule has 2 unspecified atom stereocenters. The van der Waals surface area contributed by atoms with E-state index in [1.807, 2.05) is 0 Å². The lowest BCUT2D eigenvalue weighted by atomic mass is 10.1. The summed E-state index contributed by atoms with van der Waals surface area (Å²) in [4.78, 5) is 23.6. The first-order valence-corrected chi connectivity index (χ1v) is 10.9. The van der Waals surface area contributed by atoms with Crippen molar-refractivity contribution < 1.29 is 29.3 Å². The second kappa shape index (κ2) is 19.2. The summed E-state index contributed by atoms with van der Waals surface area (Å²) in [5, 5.41) is 21.4. The lowest BCUT2D eigenvalue weighted by Gasteiger charge is -2.22. The molecule has 0 aromatic rings. The number of esters is 1. The van der Waals surface area contributed by atoms with Crippen molar-refractivity contribution in [1.29, 1.82) is 0 Å². The van der Waals surface area contributed by atoms with Crippen LogP contribution < -0.4 is 5.32 Å². The predicted octanol–water partition coefficient (Wildman–Crippen LogP) is 3.06. The highest BCUT2D eigenvalue weighted by Gasteiger charge is 2.23. The van der Waals surface area contributed by atoms with Crippen LogP contribution in [-0.2, 0) is 19.1 Å². The third kappa shape index (κ3) is 15.8. The summed E-state index contributed by atoms with van der Waals surface area (Å²) in [6, 6.07) is 0. The maximum atomic E-state index is 11.9. The smallest absolute Gasteiger partial charge is 0.327 e. The summed E-state index contributed by atoms with van der Waals surface area (Å²) in [7, 11) is 0. The van der Waals surface area contributed by atoms with Gasteiger partial charge in [0.05, 0.1) is 13.2 Å². The average Bonchev–Trinajstić information content (AvgIpc) is 2.69. The van der Waals surface area contributed by atoms with Crippen LogP contribution >= 0.6 is 0 Å². The Balaban J connectivity index is 4.00. The molecule has 2 atom stereocenters. The van der Waals surface area contributed by atoms with Crippen LogP contribution in [0.15, 0.2) is 0 Å². The van der Waals surface area contributed by atoms with E-state index in [9.17, 15) is 14.7 Å². The van der Waals surface area contributed by atoms with Crippen LogP contribution in [0.2, 0.25) is 0 Å². The molecule has 0 spiro atoms. The number of carbonyl (C=O) groups excluding carboxylic acids is 2. The lowest BCUT2D eigenvalue weighted by molar-refractivity contribution is -0.207. The molecular weight excluding hydrogens is 362 g/mol. The van der Waals surface area contributed by atoms with Gasteiger partial charge < -0.3 is 25.0 Å². The number of ether oxygens (including phenoxy) is 2. The maximum absolute atomic E-state index is 11.9. The Hall–Kier alpha value is -1.18.